The highest BCUT2D eigenvalue weighted by molar-refractivity contribution is 5.02. The van der Waals surface area contributed by atoms with Gasteiger partial charge in [0.2, 0.25) is 0 Å². The summed E-state index contributed by atoms with van der Waals surface area (Å²) in [7, 11) is 0. The van der Waals surface area contributed by atoms with E-state index in [1.807, 2.05) is 13.0 Å². The number of rotatable bonds is 4. The van der Waals surface area contributed by atoms with Crippen LogP contribution < -0.4 is 0 Å². The molecule has 0 N–H and O–H groups in total. The molecule has 0 spiro atoms. The largest absolute Gasteiger partial charge is 0.361 e. The maximum atomic E-state index is 5.06. The molecule has 62 valence electrons. The fourth-order valence-electron chi connectivity index (χ4n) is 1.08. The van der Waals surface area contributed by atoms with Crippen LogP contribution in [0, 0.1) is 6.92 Å². The maximum Gasteiger partial charge on any atom is 0.136 e. The van der Waals surface area contributed by atoms with Crippen LogP contribution in [0.2, 0.25) is 0 Å². The van der Waals surface area contributed by atoms with Crippen LogP contribution in [0.25, 0.3) is 0 Å². The first-order valence-corrected chi connectivity index (χ1v) is 4.25. The van der Waals surface area contributed by atoms with Crippen molar-refractivity contribution < 1.29 is 4.52 Å². The Balaban J connectivity index is 2.27. The fraction of sp³-hybridized carbons (Fsp3) is 0.667. The van der Waals surface area contributed by atoms with E-state index in [0.29, 0.717) is 0 Å². The summed E-state index contributed by atoms with van der Waals surface area (Å²) in [5.74, 6) is 1.02. The summed E-state index contributed by atoms with van der Waals surface area (Å²) in [5, 5.41) is 3.82. The Morgan fingerprint density at radius 2 is 2.27 bits per heavy atom. The Bertz CT molecular complexity index is 205. The first-order valence-electron chi connectivity index (χ1n) is 4.25. The summed E-state index contributed by atoms with van der Waals surface area (Å²) in [6.07, 6.45) is 4.78. The number of aryl methyl sites for hydroxylation is 2. The first kappa shape index (κ1) is 8.31. The van der Waals surface area contributed by atoms with Gasteiger partial charge >= 0.3 is 0 Å². The number of nitrogens with zero attached hydrogens (tertiary/aromatic N) is 1. The highest BCUT2D eigenvalue weighted by Gasteiger charge is 1.98. The van der Waals surface area contributed by atoms with Gasteiger partial charge in [-0.15, -0.1) is 0 Å². The molecule has 1 aromatic heterocycles. The van der Waals surface area contributed by atoms with Crippen molar-refractivity contribution in [1.29, 1.82) is 0 Å². The average Bonchev–Trinajstić information content (AvgIpc) is 2.37. The van der Waals surface area contributed by atoms with Gasteiger partial charge in [0.15, 0.2) is 0 Å². The van der Waals surface area contributed by atoms with Crippen molar-refractivity contribution in [3.8, 4) is 0 Å². The Morgan fingerprint density at radius 3 is 2.82 bits per heavy atom. The van der Waals surface area contributed by atoms with Crippen molar-refractivity contribution in [3.63, 3.8) is 0 Å². The number of aromatic nitrogens is 1. The van der Waals surface area contributed by atoms with E-state index in [1.165, 1.54) is 19.3 Å². The van der Waals surface area contributed by atoms with Gasteiger partial charge in [-0.2, -0.15) is 0 Å². The number of hydrogen-bond acceptors (Lipinski definition) is 2. The summed E-state index contributed by atoms with van der Waals surface area (Å²) >= 11 is 0. The van der Waals surface area contributed by atoms with E-state index < -0.39 is 0 Å². The van der Waals surface area contributed by atoms with Crippen molar-refractivity contribution >= 4 is 0 Å². The molecule has 1 aromatic rings. The SMILES string of the molecule is CCCCCc1cc(C)no1. The molecule has 0 saturated heterocycles. The van der Waals surface area contributed by atoms with Gasteiger partial charge in [0.25, 0.3) is 0 Å². The summed E-state index contributed by atoms with van der Waals surface area (Å²) in [6.45, 7) is 4.15. The minimum absolute atomic E-state index is 0.983. The number of hydrogen-bond donors (Lipinski definition) is 0. The van der Waals surface area contributed by atoms with Crippen LogP contribution in [-0.4, -0.2) is 5.16 Å². The number of unbranched alkanes of at least 4 members (excludes halogenated alkanes) is 2. The van der Waals surface area contributed by atoms with Crippen LogP contribution in [-0.2, 0) is 6.42 Å². The topological polar surface area (TPSA) is 26.0 Å². The highest BCUT2D eigenvalue weighted by atomic mass is 16.5. The quantitative estimate of drug-likeness (QED) is 0.621. The van der Waals surface area contributed by atoms with E-state index in [-0.39, 0.29) is 0 Å². The monoisotopic (exact) mass is 153 g/mol. The summed E-state index contributed by atoms with van der Waals surface area (Å²) in [6, 6.07) is 2.01. The molecule has 1 heterocycles. The zero-order valence-electron chi connectivity index (χ0n) is 7.26. The Morgan fingerprint density at radius 1 is 1.45 bits per heavy atom. The molecule has 2 nitrogen and oxygen atoms in total. The van der Waals surface area contributed by atoms with E-state index in [9.17, 15) is 0 Å². The van der Waals surface area contributed by atoms with Gasteiger partial charge in [-0.25, -0.2) is 0 Å². The van der Waals surface area contributed by atoms with Gasteiger partial charge in [-0.3, -0.25) is 0 Å². The first-order chi connectivity index (χ1) is 5.33. The second-order valence-corrected chi connectivity index (χ2v) is 2.89. The van der Waals surface area contributed by atoms with Gasteiger partial charge in [0.05, 0.1) is 5.69 Å². The average molecular weight is 153 g/mol. The second kappa shape index (κ2) is 4.16. The third kappa shape index (κ3) is 2.74. The minimum atomic E-state index is 0.983. The Labute approximate surface area is 67.6 Å². The Kier molecular flexibility index (Phi) is 3.14. The molecule has 0 radical (unpaired) electrons. The van der Waals surface area contributed by atoms with E-state index in [4.69, 9.17) is 4.52 Å². The molecule has 11 heavy (non-hydrogen) atoms. The normalized spacial score (nSPS) is 10.4. The fourth-order valence-corrected chi connectivity index (χ4v) is 1.08. The Hall–Kier alpha value is -0.790. The van der Waals surface area contributed by atoms with Crippen molar-refractivity contribution in [2.24, 2.45) is 0 Å². The molecule has 0 unspecified atom stereocenters. The lowest BCUT2D eigenvalue weighted by molar-refractivity contribution is 0.375. The molecule has 0 aliphatic carbocycles. The molecule has 2 heteroatoms. The lowest BCUT2D eigenvalue weighted by Crippen LogP contribution is -1.80. The molecule has 1 rings (SSSR count). The van der Waals surface area contributed by atoms with E-state index in [1.54, 1.807) is 0 Å². The van der Waals surface area contributed by atoms with Crippen LogP contribution >= 0.6 is 0 Å². The summed E-state index contributed by atoms with van der Waals surface area (Å²) in [4.78, 5) is 0. The van der Waals surface area contributed by atoms with Gasteiger partial charge in [-0.1, -0.05) is 24.9 Å². The van der Waals surface area contributed by atoms with Crippen molar-refractivity contribution in [3.05, 3.63) is 17.5 Å². The molecule has 0 aromatic carbocycles. The molecule has 0 bridgehead atoms. The molecule has 0 aliphatic rings. The van der Waals surface area contributed by atoms with Crippen molar-refractivity contribution in [2.75, 3.05) is 0 Å². The maximum absolute atomic E-state index is 5.06. The third-order valence-electron chi connectivity index (χ3n) is 1.70. The zero-order chi connectivity index (χ0) is 8.10. The molecular weight excluding hydrogens is 138 g/mol. The zero-order valence-corrected chi connectivity index (χ0v) is 7.26. The molecular formula is C9H15NO. The van der Waals surface area contributed by atoms with Crippen LogP contribution in [0.15, 0.2) is 10.6 Å². The van der Waals surface area contributed by atoms with E-state index in [2.05, 4.69) is 12.1 Å². The lowest BCUT2D eigenvalue weighted by Gasteiger charge is -1.91. The van der Waals surface area contributed by atoms with Crippen LogP contribution in [0.5, 0.6) is 0 Å². The third-order valence-corrected chi connectivity index (χ3v) is 1.70. The highest BCUT2D eigenvalue weighted by Crippen LogP contribution is 2.07. The lowest BCUT2D eigenvalue weighted by atomic mass is 10.2. The predicted octanol–water partition coefficient (Wildman–Crippen LogP) is 2.72. The molecule has 0 fully saturated rings. The van der Waals surface area contributed by atoms with E-state index in [0.717, 1.165) is 17.9 Å². The van der Waals surface area contributed by atoms with Gasteiger partial charge in [0, 0.05) is 12.5 Å². The predicted molar refractivity (Wildman–Crippen MR) is 44.5 cm³/mol. The summed E-state index contributed by atoms with van der Waals surface area (Å²) < 4.78 is 5.06. The minimum Gasteiger partial charge on any atom is -0.361 e. The molecule has 0 amide bonds. The van der Waals surface area contributed by atoms with Crippen LogP contribution in [0.1, 0.15) is 37.6 Å². The van der Waals surface area contributed by atoms with Crippen molar-refractivity contribution in [1.82, 2.24) is 5.16 Å². The molecule has 0 saturated carbocycles. The van der Waals surface area contributed by atoms with Crippen molar-refractivity contribution in [2.45, 2.75) is 39.5 Å². The standard InChI is InChI=1S/C9H15NO/c1-3-4-5-6-9-7-8(2)10-11-9/h7H,3-6H2,1-2H3. The van der Waals surface area contributed by atoms with Crippen LogP contribution in [0.4, 0.5) is 0 Å². The molecule has 0 atom stereocenters. The molecule has 0 aliphatic heterocycles. The van der Waals surface area contributed by atoms with Crippen LogP contribution in [0.3, 0.4) is 0 Å². The van der Waals surface area contributed by atoms with Gasteiger partial charge in [0.1, 0.15) is 5.76 Å². The smallest absolute Gasteiger partial charge is 0.136 e. The second-order valence-electron chi connectivity index (χ2n) is 2.89. The van der Waals surface area contributed by atoms with E-state index >= 15 is 0 Å². The summed E-state index contributed by atoms with van der Waals surface area (Å²) in [5.41, 5.74) is 0.983. The van der Waals surface area contributed by atoms with Gasteiger partial charge < -0.3 is 4.52 Å². The van der Waals surface area contributed by atoms with Gasteiger partial charge in [-0.05, 0) is 13.3 Å².